The molecule has 0 spiro atoms. The van der Waals surface area contributed by atoms with Crippen molar-refractivity contribution in [2.24, 2.45) is 0 Å². The van der Waals surface area contributed by atoms with Gasteiger partial charge in [0, 0.05) is 6.08 Å². The van der Waals surface area contributed by atoms with E-state index in [0.717, 1.165) is 20.0 Å². The molecule has 82 valence electrons. The lowest BCUT2D eigenvalue weighted by molar-refractivity contribution is -0.161. The highest BCUT2D eigenvalue weighted by atomic mass is 127. The maximum atomic E-state index is 12.9. The van der Waals surface area contributed by atoms with Crippen LogP contribution in [-0.2, 0) is 9.53 Å². The standard InChI is InChI=1S/C9H13F2IO2/c1-3-4-5-7(12)6-9(10,11)8(13)14-2/h6H,3-5H2,1-2H3. The summed E-state index contributed by atoms with van der Waals surface area (Å²) < 4.78 is 30.3. The number of hydrogen-bond acceptors (Lipinski definition) is 2. The zero-order valence-corrected chi connectivity index (χ0v) is 10.3. The van der Waals surface area contributed by atoms with Crippen molar-refractivity contribution >= 4 is 28.6 Å². The van der Waals surface area contributed by atoms with Crippen LogP contribution in [0.15, 0.2) is 9.66 Å². The van der Waals surface area contributed by atoms with Gasteiger partial charge in [-0.2, -0.15) is 8.78 Å². The minimum atomic E-state index is -3.50. The average Bonchev–Trinajstić information content (AvgIpc) is 2.12. The van der Waals surface area contributed by atoms with Crippen LogP contribution in [0.3, 0.4) is 0 Å². The maximum absolute atomic E-state index is 12.9. The molecule has 0 amide bonds. The predicted molar refractivity (Wildman–Crippen MR) is 58.6 cm³/mol. The second-order valence-electron chi connectivity index (χ2n) is 2.81. The van der Waals surface area contributed by atoms with Gasteiger partial charge >= 0.3 is 11.9 Å². The Kier molecular flexibility index (Phi) is 6.22. The van der Waals surface area contributed by atoms with E-state index in [-0.39, 0.29) is 0 Å². The van der Waals surface area contributed by atoms with Crippen molar-refractivity contribution in [3.8, 4) is 0 Å². The van der Waals surface area contributed by atoms with Gasteiger partial charge in [0.05, 0.1) is 7.11 Å². The third-order valence-electron chi connectivity index (χ3n) is 1.56. The van der Waals surface area contributed by atoms with Crippen LogP contribution < -0.4 is 0 Å². The largest absolute Gasteiger partial charge is 0.464 e. The van der Waals surface area contributed by atoms with Gasteiger partial charge in [0.2, 0.25) is 0 Å². The second kappa shape index (κ2) is 6.31. The van der Waals surface area contributed by atoms with Gasteiger partial charge in [0.1, 0.15) is 0 Å². The highest BCUT2D eigenvalue weighted by Gasteiger charge is 2.37. The summed E-state index contributed by atoms with van der Waals surface area (Å²) in [6.45, 7) is 1.97. The monoisotopic (exact) mass is 318 g/mol. The molecule has 2 nitrogen and oxygen atoms in total. The van der Waals surface area contributed by atoms with E-state index < -0.39 is 11.9 Å². The van der Waals surface area contributed by atoms with Gasteiger partial charge in [-0.25, -0.2) is 4.79 Å². The third kappa shape index (κ3) is 4.88. The van der Waals surface area contributed by atoms with E-state index in [2.05, 4.69) is 4.74 Å². The van der Waals surface area contributed by atoms with Crippen LogP contribution >= 0.6 is 22.6 Å². The smallest absolute Gasteiger partial charge is 0.381 e. The summed E-state index contributed by atoms with van der Waals surface area (Å²) in [5.74, 6) is -5.01. The molecule has 0 heterocycles. The molecule has 5 heteroatoms. The molecule has 0 aliphatic carbocycles. The Labute approximate surface area is 95.8 Å². The summed E-state index contributed by atoms with van der Waals surface area (Å²) in [7, 11) is 0.947. The average molecular weight is 318 g/mol. The minimum absolute atomic E-state index is 0.486. The summed E-state index contributed by atoms with van der Waals surface area (Å²) in [6, 6.07) is 0. The van der Waals surface area contributed by atoms with E-state index in [9.17, 15) is 13.6 Å². The quantitative estimate of drug-likeness (QED) is 0.574. The Morgan fingerprint density at radius 2 is 2.14 bits per heavy atom. The molecule has 0 unspecified atom stereocenters. The first-order chi connectivity index (χ1) is 6.44. The molecule has 0 bridgehead atoms. The Bertz CT molecular complexity index is 227. The van der Waals surface area contributed by atoms with E-state index in [1.807, 2.05) is 29.5 Å². The summed E-state index contributed by atoms with van der Waals surface area (Å²) in [6.07, 6.45) is 3.01. The zero-order valence-electron chi connectivity index (χ0n) is 8.15. The number of ether oxygens (including phenoxy) is 1. The van der Waals surface area contributed by atoms with Crippen LogP contribution in [-0.4, -0.2) is 19.0 Å². The van der Waals surface area contributed by atoms with Crippen molar-refractivity contribution in [2.75, 3.05) is 7.11 Å². The molecular formula is C9H13F2IO2. The zero-order chi connectivity index (χ0) is 11.2. The van der Waals surface area contributed by atoms with E-state index in [1.54, 1.807) is 0 Å². The molecule has 14 heavy (non-hydrogen) atoms. The highest BCUT2D eigenvalue weighted by molar-refractivity contribution is 14.1. The fourth-order valence-corrected chi connectivity index (χ4v) is 1.58. The third-order valence-corrected chi connectivity index (χ3v) is 2.42. The van der Waals surface area contributed by atoms with Crippen LogP contribution in [0.1, 0.15) is 26.2 Å². The Morgan fingerprint density at radius 3 is 2.57 bits per heavy atom. The van der Waals surface area contributed by atoms with Crippen LogP contribution in [0.25, 0.3) is 0 Å². The van der Waals surface area contributed by atoms with E-state index >= 15 is 0 Å². The van der Waals surface area contributed by atoms with Crippen molar-refractivity contribution in [1.82, 2.24) is 0 Å². The van der Waals surface area contributed by atoms with Gasteiger partial charge in [-0.05, 0) is 39.0 Å². The lowest BCUT2D eigenvalue weighted by atomic mass is 10.2. The van der Waals surface area contributed by atoms with E-state index in [4.69, 9.17) is 0 Å². The van der Waals surface area contributed by atoms with Crippen LogP contribution in [0.4, 0.5) is 8.78 Å². The first-order valence-electron chi connectivity index (χ1n) is 4.27. The summed E-state index contributed by atoms with van der Waals surface area (Å²) in [4.78, 5) is 10.6. The fourth-order valence-electron chi connectivity index (χ4n) is 0.810. The molecule has 0 aliphatic rings. The van der Waals surface area contributed by atoms with Crippen molar-refractivity contribution in [3.05, 3.63) is 9.66 Å². The van der Waals surface area contributed by atoms with Gasteiger partial charge in [-0.3, -0.25) is 0 Å². The summed E-state index contributed by atoms with van der Waals surface area (Å²) >= 11 is 1.81. The normalized spacial score (nSPS) is 12.8. The maximum Gasteiger partial charge on any atom is 0.381 e. The SMILES string of the molecule is CCCCC(I)=CC(F)(F)C(=O)OC. The molecule has 0 atom stereocenters. The van der Waals surface area contributed by atoms with Crippen molar-refractivity contribution in [1.29, 1.82) is 0 Å². The van der Waals surface area contributed by atoms with E-state index in [0.29, 0.717) is 16.1 Å². The van der Waals surface area contributed by atoms with Gasteiger partial charge in [0.25, 0.3) is 0 Å². The molecule has 0 fully saturated rings. The van der Waals surface area contributed by atoms with Gasteiger partial charge in [0.15, 0.2) is 0 Å². The summed E-state index contributed by atoms with van der Waals surface area (Å²) in [5, 5.41) is 0. The van der Waals surface area contributed by atoms with Crippen molar-refractivity contribution in [3.63, 3.8) is 0 Å². The van der Waals surface area contributed by atoms with Crippen molar-refractivity contribution in [2.45, 2.75) is 32.1 Å². The van der Waals surface area contributed by atoms with Crippen molar-refractivity contribution < 1.29 is 18.3 Å². The number of alkyl halides is 2. The fraction of sp³-hybridized carbons (Fsp3) is 0.667. The number of carbonyl (C=O) groups is 1. The van der Waals surface area contributed by atoms with Crippen LogP contribution in [0, 0.1) is 0 Å². The van der Waals surface area contributed by atoms with E-state index in [1.165, 1.54) is 0 Å². The molecule has 0 aromatic rings. The molecule has 0 saturated heterocycles. The molecule has 0 aliphatic heterocycles. The topological polar surface area (TPSA) is 26.3 Å². The van der Waals surface area contributed by atoms with Crippen LogP contribution in [0.2, 0.25) is 0 Å². The molecule has 0 saturated carbocycles. The molecule has 0 radical (unpaired) electrons. The molecule has 0 N–H and O–H groups in total. The number of carbonyl (C=O) groups excluding carboxylic acids is 1. The van der Waals surface area contributed by atoms with Crippen LogP contribution in [0.5, 0.6) is 0 Å². The first kappa shape index (κ1) is 13.8. The van der Waals surface area contributed by atoms with Gasteiger partial charge < -0.3 is 4.74 Å². The molecule has 0 rings (SSSR count). The lowest BCUT2D eigenvalue weighted by Gasteiger charge is -2.09. The first-order valence-corrected chi connectivity index (χ1v) is 5.35. The Hall–Kier alpha value is -0.200. The number of halogens is 3. The molecular weight excluding hydrogens is 305 g/mol. The number of esters is 1. The number of hydrogen-bond donors (Lipinski definition) is 0. The Morgan fingerprint density at radius 1 is 1.57 bits per heavy atom. The minimum Gasteiger partial charge on any atom is -0.464 e. The number of methoxy groups -OCH3 is 1. The predicted octanol–water partition coefficient (Wildman–Crippen LogP) is 3.30. The Balaban J connectivity index is 4.37. The van der Waals surface area contributed by atoms with Gasteiger partial charge in [-0.1, -0.05) is 13.3 Å². The second-order valence-corrected chi connectivity index (χ2v) is 4.19. The molecule has 0 aromatic heterocycles. The number of allylic oxidation sites excluding steroid dienone is 1. The van der Waals surface area contributed by atoms with Gasteiger partial charge in [-0.15, -0.1) is 0 Å². The number of rotatable bonds is 5. The highest BCUT2D eigenvalue weighted by Crippen LogP contribution is 2.24. The summed E-state index contributed by atoms with van der Waals surface area (Å²) in [5.41, 5.74) is 0. The molecule has 0 aromatic carbocycles. The number of unbranched alkanes of at least 4 members (excludes halogenated alkanes) is 1. The lowest BCUT2D eigenvalue weighted by Crippen LogP contribution is -2.27.